The van der Waals surface area contributed by atoms with Gasteiger partial charge in [-0.05, 0) is 19.8 Å². The topological polar surface area (TPSA) is 26.3 Å². The fraction of sp³-hybridized carbons (Fsp3) is 0.850. The smallest absolute Gasteiger partial charge is 0.335 e. The molecule has 0 fully saturated rings. The van der Waals surface area contributed by atoms with Crippen LogP contribution in [0.3, 0.4) is 0 Å². The third-order valence-electron chi connectivity index (χ3n) is 4.14. The Hall–Kier alpha value is -0.860. The van der Waals surface area contributed by atoms with Gasteiger partial charge in [0, 0.05) is 12.0 Å². The van der Waals surface area contributed by atoms with E-state index >= 15 is 0 Å². The van der Waals surface area contributed by atoms with Crippen LogP contribution in [-0.4, -0.2) is 12.3 Å². The summed E-state index contributed by atoms with van der Waals surface area (Å²) < 4.78 is 17.6. The van der Waals surface area contributed by atoms with Gasteiger partial charge in [0.2, 0.25) is 6.36 Å². The molecule has 0 amide bonds. The van der Waals surface area contributed by atoms with Crippen molar-refractivity contribution in [1.82, 2.24) is 0 Å². The van der Waals surface area contributed by atoms with Gasteiger partial charge < -0.3 is 4.74 Å². The van der Waals surface area contributed by atoms with Crippen LogP contribution < -0.4 is 0 Å². The van der Waals surface area contributed by atoms with Crippen LogP contribution in [0.2, 0.25) is 0 Å². The Kier molecular flexibility index (Phi) is 15.4. The molecule has 23 heavy (non-hydrogen) atoms. The second kappa shape index (κ2) is 16.0. The molecule has 0 saturated carbocycles. The first-order valence-corrected chi connectivity index (χ1v) is 9.63. The molecular weight excluding hydrogens is 291 g/mol. The molecule has 0 aromatic heterocycles. The number of carbonyl (C=O) groups is 1. The number of alkyl halides is 1. The standard InChI is InChI=1S/C20H37FO2/c1-4-6-7-8-9-10-11-12-13-14-15-16-17-18(3)20(22)23-19(21)5-2/h17,19H,4-16H2,1-3H3. The van der Waals surface area contributed by atoms with Crippen LogP contribution in [-0.2, 0) is 9.53 Å². The van der Waals surface area contributed by atoms with Gasteiger partial charge in [-0.3, -0.25) is 0 Å². The van der Waals surface area contributed by atoms with E-state index < -0.39 is 12.3 Å². The van der Waals surface area contributed by atoms with E-state index in [1.54, 1.807) is 13.8 Å². The van der Waals surface area contributed by atoms with E-state index in [1.165, 1.54) is 64.2 Å². The van der Waals surface area contributed by atoms with Crippen molar-refractivity contribution in [2.45, 2.75) is 111 Å². The van der Waals surface area contributed by atoms with Crippen LogP contribution in [0.1, 0.15) is 104 Å². The number of unbranched alkanes of at least 4 members (excludes halogenated alkanes) is 11. The quantitative estimate of drug-likeness (QED) is 0.186. The van der Waals surface area contributed by atoms with Crippen molar-refractivity contribution in [3.05, 3.63) is 11.6 Å². The van der Waals surface area contributed by atoms with Crippen LogP contribution in [0.25, 0.3) is 0 Å². The molecule has 1 unspecified atom stereocenters. The Morgan fingerprint density at radius 3 is 1.87 bits per heavy atom. The van der Waals surface area contributed by atoms with E-state index in [0.29, 0.717) is 5.57 Å². The average Bonchev–Trinajstić information content (AvgIpc) is 2.55. The monoisotopic (exact) mass is 328 g/mol. The largest absolute Gasteiger partial charge is 0.428 e. The molecule has 0 aliphatic heterocycles. The molecule has 136 valence electrons. The van der Waals surface area contributed by atoms with E-state index in [-0.39, 0.29) is 6.42 Å². The predicted octanol–water partition coefficient (Wildman–Crippen LogP) is 6.88. The van der Waals surface area contributed by atoms with Crippen molar-refractivity contribution in [3.63, 3.8) is 0 Å². The summed E-state index contributed by atoms with van der Waals surface area (Å²) >= 11 is 0. The van der Waals surface area contributed by atoms with Crippen LogP contribution in [0, 0.1) is 0 Å². The zero-order valence-corrected chi connectivity index (χ0v) is 15.5. The average molecular weight is 329 g/mol. The predicted molar refractivity (Wildman–Crippen MR) is 96.1 cm³/mol. The molecule has 3 heteroatoms. The molecule has 0 bridgehead atoms. The minimum atomic E-state index is -1.48. The molecule has 0 aliphatic carbocycles. The van der Waals surface area contributed by atoms with Gasteiger partial charge in [0.15, 0.2) is 0 Å². The second-order valence-electron chi connectivity index (χ2n) is 6.43. The van der Waals surface area contributed by atoms with Crippen LogP contribution >= 0.6 is 0 Å². The number of ether oxygens (including phenoxy) is 1. The summed E-state index contributed by atoms with van der Waals surface area (Å²) in [6.07, 6.45) is 16.0. The van der Waals surface area contributed by atoms with Gasteiger partial charge in [-0.2, -0.15) is 0 Å². The number of hydrogen-bond acceptors (Lipinski definition) is 2. The third-order valence-corrected chi connectivity index (χ3v) is 4.14. The summed E-state index contributed by atoms with van der Waals surface area (Å²) in [7, 11) is 0. The number of halogens is 1. The summed E-state index contributed by atoms with van der Waals surface area (Å²) in [5.74, 6) is -0.526. The lowest BCUT2D eigenvalue weighted by molar-refractivity contribution is -0.152. The van der Waals surface area contributed by atoms with E-state index in [9.17, 15) is 9.18 Å². The molecule has 1 atom stereocenters. The van der Waals surface area contributed by atoms with E-state index in [0.717, 1.165) is 12.8 Å². The number of allylic oxidation sites excluding steroid dienone is 1. The summed E-state index contributed by atoms with van der Waals surface area (Å²) in [6, 6.07) is 0. The highest BCUT2D eigenvalue weighted by Crippen LogP contribution is 2.13. The highest BCUT2D eigenvalue weighted by Gasteiger charge is 2.11. The fourth-order valence-electron chi connectivity index (χ4n) is 2.50. The second-order valence-corrected chi connectivity index (χ2v) is 6.43. The van der Waals surface area contributed by atoms with Gasteiger partial charge >= 0.3 is 5.97 Å². The Balaban J connectivity index is 3.44. The van der Waals surface area contributed by atoms with Crippen molar-refractivity contribution >= 4 is 5.97 Å². The van der Waals surface area contributed by atoms with Crippen molar-refractivity contribution in [3.8, 4) is 0 Å². The zero-order valence-electron chi connectivity index (χ0n) is 15.5. The molecule has 0 aromatic rings. The number of hydrogen-bond donors (Lipinski definition) is 0. The van der Waals surface area contributed by atoms with E-state index in [4.69, 9.17) is 0 Å². The maximum Gasteiger partial charge on any atom is 0.335 e. The molecule has 2 nitrogen and oxygen atoms in total. The van der Waals surface area contributed by atoms with Gasteiger partial charge in [0.05, 0.1) is 0 Å². The summed E-state index contributed by atoms with van der Waals surface area (Å²) in [6.45, 7) is 5.61. The lowest BCUT2D eigenvalue weighted by Crippen LogP contribution is -2.13. The Morgan fingerprint density at radius 1 is 0.913 bits per heavy atom. The first kappa shape index (κ1) is 22.1. The summed E-state index contributed by atoms with van der Waals surface area (Å²) in [4.78, 5) is 11.5. The molecule has 0 aromatic carbocycles. The molecule has 0 N–H and O–H groups in total. The van der Waals surface area contributed by atoms with Crippen molar-refractivity contribution in [2.75, 3.05) is 0 Å². The minimum Gasteiger partial charge on any atom is -0.428 e. The lowest BCUT2D eigenvalue weighted by atomic mass is 10.0. The van der Waals surface area contributed by atoms with E-state index in [2.05, 4.69) is 11.7 Å². The molecular formula is C20H37FO2. The fourth-order valence-corrected chi connectivity index (χ4v) is 2.50. The zero-order chi connectivity index (χ0) is 17.3. The normalized spacial score (nSPS) is 13.1. The highest BCUT2D eigenvalue weighted by molar-refractivity contribution is 5.87. The van der Waals surface area contributed by atoms with Crippen LogP contribution in [0.5, 0.6) is 0 Å². The first-order chi connectivity index (χ1) is 11.1. The van der Waals surface area contributed by atoms with Gasteiger partial charge in [-0.1, -0.05) is 84.1 Å². The number of carbonyl (C=O) groups excluding carboxylic acids is 1. The SMILES string of the molecule is CCCCCCCCCCCCCC=C(C)C(=O)OC(F)CC. The number of esters is 1. The Morgan fingerprint density at radius 2 is 1.39 bits per heavy atom. The Labute approximate surface area is 142 Å². The summed E-state index contributed by atoms with van der Waals surface area (Å²) in [5.41, 5.74) is 0.521. The lowest BCUT2D eigenvalue weighted by Gasteiger charge is -2.07. The first-order valence-electron chi connectivity index (χ1n) is 9.63. The molecule has 0 radical (unpaired) electrons. The van der Waals surface area contributed by atoms with Gasteiger partial charge in [0.25, 0.3) is 0 Å². The van der Waals surface area contributed by atoms with Crippen molar-refractivity contribution in [1.29, 1.82) is 0 Å². The maximum absolute atomic E-state index is 12.9. The van der Waals surface area contributed by atoms with Crippen molar-refractivity contribution in [2.24, 2.45) is 0 Å². The summed E-state index contributed by atoms with van der Waals surface area (Å²) in [5, 5.41) is 0. The molecule has 0 heterocycles. The molecule has 0 rings (SSSR count). The molecule has 0 spiro atoms. The maximum atomic E-state index is 12.9. The van der Waals surface area contributed by atoms with E-state index in [1.807, 2.05) is 6.08 Å². The number of rotatable bonds is 15. The van der Waals surface area contributed by atoms with Gasteiger partial charge in [-0.15, -0.1) is 0 Å². The molecule has 0 saturated heterocycles. The third kappa shape index (κ3) is 14.5. The van der Waals surface area contributed by atoms with Gasteiger partial charge in [-0.25, -0.2) is 9.18 Å². The van der Waals surface area contributed by atoms with Crippen molar-refractivity contribution < 1.29 is 13.9 Å². The highest BCUT2D eigenvalue weighted by atomic mass is 19.1. The molecule has 0 aliphatic rings. The minimum absolute atomic E-state index is 0.206. The van der Waals surface area contributed by atoms with Crippen LogP contribution in [0.15, 0.2) is 11.6 Å². The Bertz CT molecular complexity index is 313. The van der Waals surface area contributed by atoms with Crippen LogP contribution in [0.4, 0.5) is 4.39 Å². The van der Waals surface area contributed by atoms with Gasteiger partial charge in [0.1, 0.15) is 0 Å².